The monoisotopic (exact) mass is 390 g/mol. The lowest BCUT2D eigenvalue weighted by molar-refractivity contribution is -0.117. The Morgan fingerprint density at radius 1 is 1.04 bits per heavy atom. The molecule has 0 saturated carbocycles. The number of hydrogen-bond acceptors (Lipinski definition) is 5. The lowest BCUT2D eigenvalue weighted by atomic mass is 10.2. The largest absolute Gasteiger partial charge is 0.493 e. The minimum Gasteiger partial charge on any atom is -0.493 e. The summed E-state index contributed by atoms with van der Waals surface area (Å²) in [7, 11) is 4.43. The summed E-state index contributed by atoms with van der Waals surface area (Å²) < 4.78 is 29.7. The molecule has 8 heteroatoms. The average Bonchev–Trinajstić information content (AvgIpc) is 2.68. The van der Waals surface area contributed by atoms with Crippen LogP contribution in [0.2, 0.25) is 0 Å². The number of rotatable bonds is 8. The molecule has 7 nitrogen and oxygen atoms in total. The van der Waals surface area contributed by atoms with E-state index in [4.69, 9.17) is 14.2 Å². The summed E-state index contributed by atoms with van der Waals surface area (Å²) >= 11 is 0. The van der Waals surface area contributed by atoms with Gasteiger partial charge in [-0.05, 0) is 12.1 Å². The Kier molecular flexibility index (Phi) is 7.20. The van der Waals surface area contributed by atoms with E-state index in [0.717, 1.165) is 0 Å². The van der Waals surface area contributed by atoms with Gasteiger partial charge in [-0.3, -0.25) is 9.59 Å². The van der Waals surface area contributed by atoms with Crippen LogP contribution in [0, 0.1) is 5.82 Å². The predicted molar refractivity (Wildman–Crippen MR) is 104 cm³/mol. The van der Waals surface area contributed by atoms with Gasteiger partial charge in [0.2, 0.25) is 17.6 Å². The molecule has 0 heterocycles. The van der Waals surface area contributed by atoms with E-state index in [9.17, 15) is 14.0 Å². The Morgan fingerprint density at radius 3 is 2.14 bits per heavy atom. The zero-order chi connectivity index (χ0) is 20.7. The minimum absolute atomic E-state index is 0.0232. The van der Waals surface area contributed by atoms with Gasteiger partial charge in [-0.2, -0.15) is 0 Å². The van der Waals surface area contributed by atoms with Crippen molar-refractivity contribution in [3.05, 3.63) is 42.2 Å². The lowest BCUT2D eigenvalue weighted by Crippen LogP contribution is -2.32. The van der Waals surface area contributed by atoms with Crippen molar-refractivity contribution in [2.45, 2.75) is 13.3 Å². The van der Waals surface area contributed by atoms with Crippen molar-refractivity contribution < 1.29 is 28.2 Å². The number of nitrogens with zero attached hydrogens (tertiary/aromatic N) is 1. The van der Waals surface area contributed by atoms with E-state index in [2.05, 4.69) is 5.32 Å². The maximum atomic E-state index is 14.0. The van der Waals surface area contributed by atoms with Gasteiger partial charge in [0.25, 0.3) is 0 Å². The molecular weight excluding hydrogens is 367 g/mol. The average molecular weight is 390 g/mol. The van der Waals surface area contributed by atoms with Crippen molar-refractivity contribution in [1.29, 1.82) is 0 Å². The van der Waals surface area contributed by atoms with E-state index in [1.807, 2.05) is 0 Å². The van der Waals surface area contributed by atoms with Gasteiger partial charge in [0.1, 0.15) is 5.82 Å². The molecule has 2 rings (SSSR count). The molecule has 2 aromatic rings. The van der Waals surface area contributed by atoms with Crippen LogP contribution in [0.3, 0.4) is 0 Å². The zero-order valence-electron chi connectivity index (χ0n) is 16.2. The number of para-hydroxylation sites is 1. The van der Waals surface area contributed by atoms with Crippen molar-refractivity contribution in [1.82, 2.24) is 0 Å². The third kappa shape index (κ3) is 4.91. The fraction of sp³-hybridized carbons (Fsp3) is 0.300. The number of anilines is 2. The molecule has 0 atom stereocenters. The third-order valence-electron chi connectivity index (χ3n) is 4.03. The molecule has 0 bridgehead atoms. The third-order valence-corrected chi connectivity index (χ3v) is 4.03. The van der Waals surface area contributed by atoms with E-state index in [1.54, 1.807) is 18.2 Å². The molecule has 28 heavy (non-hydrogen) atoms. The maximum Gasteiger partial charge on any atom is 0.226 e. The van der Waals surface area contributed by atoms with Crippen molar-refractivity contribution in [3.8, 4) is 17.2 Å². The van der Waals surface area contributed by atoms with Crippen LogP contribution in [0.1, 0.15) is 13.3 Å². The number of amides is 2. The molecule has 2 amide bonds. The van der Waals surface area contributed by atoms with Gasteiger partial charge in [-0.1, -0.05) is 12.1 Å². The number of benzene rings is 2. The second kappa shape index (κ2) is 9.59. The number of halogens is 1. The molecule has 0 fully saturated rings. The van der Waals surface area contributed by atoms with Gasteiger partial charge >= 0.3 is 0 Å². The van der Waals surface area contributed by atoms with E-state index in [1.165, 1.54) is 51.4 Å². The van der Waals surface area contributed by atoms with E-state index < -0.39 is 5.82 Å². The summed E-state index contributed by atoms with van der Waals surface area (Å²) in [4.78, 5) is 25.5. The maximum absolute atomic E-state index is 14.0. The summed E-state index contributed by atoms with van der Waals surface area (Å²) in [5.41, 5.74) is 0.579. The number of hydrogen-bond donors (Lipinski definition) is 1. The first-order chi connectivity index (χ1) is 13.4. The normalized spacial score (nSPS) is 10.2. The van der Waals surface area contributed by atoms with Crippen LogP contribution in [0.4, 0.5) is 15.8 Å². The lowest BCUT2D eigenvalue weighted by Gasteiger charge is -2.21. The Bertz CT molecular complexity index is 831. The first-order valence-corrected chi connectivity index (χ1v) is 8.53. The second-order valence-electron chi connectivity index (χ2n) is 5.83. The fourth-order valence-electron chi connectivity index (χ4n) is 2.71. The number of carbonyl (C=O) groups is 2. The Labute approximate surface area is 163 Å². The number of ether oxygens (including phenoxy) is 3. The van der Waals surface area contributed by atoms with Gasteiger partial charge in [0, 0.05) is 37.7 Å². The molecule has 0 spiro atoms. The number of nitrogens with one attached hydrogen (secondary N) is 1. The van der Waals surface area contributed by atoms with E-state index in [0.29, 0.717) is 22.9 Å². The van der Waals surface area contributed by atoms with Crippen LogP contribution in [-0.2, 0) is 9.59 Å². The summed E-state index contributed by atoms with van der Waals surface area (Å²) in [5, 5.41) is 2.72. The van der Waals surface area contributed by atoms with E-state index >= 15 is 0 Å². The van der Waals surface area contributed by atoms with Crippen molar-refractivity contribution >= 4 is 23.2 Å². The van der Waals surface area contributed by atoms with Crippen LogP contribution in [0.25, 0.3) is 0 Å². The first kappa shape index (κ1) is 21.0. The van der Waals surface area contributed by atoms with Crippen molar-refractivity contribution in [2.75, 3.05) is 38.1 Å². The van der Waals surface area contributed by atoms with Crippen molar-refractivity contribution in [2.24, 2.45) is 0 Å². The Balaban J connectivity index is 2.11. The molecule has 1 N–H and O–H groups in total. The second-order valence-corrected chi connectivity index (χ2v) is 5.83. The standard InChI is InChI=1S/C20H23FN2O5/c1-13(24)23(16-8-6-5-7-15(16)21)10-9-19(25)22-14-11-17(26-2)20(28-4)18(12-14)27-3/h5-8,11-12H,9-10H2,1-4H3,(H,22,25). The Hall–Kier alpha value is -3.29. The van der Waals surface area contributed by atoms with E-state index in [-0.39, 0.29) is 30.5 Å². The molecule has 0 radical (unpaired) electrons. The summed E-state index contributed by atoms with van der Waals surface area (Å²) in [6.07, 6.45) is -0.0232. The highest BCUT2D eigenvalue weighted by atomic mass is 19.1. The van der Waals surface area contributed by atoms with Gasteiger partial charge < -0.3 is 24.4 Å². The molecule has 0 saturated heterocycles. The molecule has 0 aliphatic heterocycles. The van der Waals surface area contributed by atoms with Gasteiger partial charge in [-0.25, -0.2) is 4.39 Å². The van der Waals surface area contributed by atoms with Gasteiger partial charge in [-0.15, -0.1) is 0 Å². The molecule has 0 unspecified atom stereocenters. The summed E-state index contributed by atoms with van der Waals surface area (Å²) in [6.45, 7) is 1.36. The minimum atomic E-state index is -0.525. The van der Waals surface area contributed by atoms with Crippen LogP contribution >= 0.6 is 0 Å². The smallest absolute Gasteiger partial charge is 0.226 e. The topological polar surface area (TPSA) is 77.1 Å². The van der Waals surface area contributed by atoms with Crippen LogP contribution < -0.4 is 24.4 Å². The zero-order valence-corrected chi connectivity index (χ0v) is 16.2. The molecule has 0 aliphatic carbocycles. The molecule has 2 aromatic carbocycles. The Morgan fingerprint density at radius 2 is 1.64 bits per heavy atom. The SMILES string of the molecule is COc1cc(NC(=O)CCN(C(C)=O)c2ccccc2F)cc(OC)c1OC. The van der Waals surface area contributed by atoms with Gasteiger partial charge in [0.15, 0.2) is 11.5 Å². The van der Waals surface area contributed by atoms with Crippen LogP contribution in [0.5, 0.6) is 17.2 Å². The highest BCUT2D eigenvalue weighted by Crippen LogP contribution is 2.39. The number of methoxy groups -OCH3 is 3. The van der Waals surface area contributed by atoms with Gasteiger partial charge in [0.05, 0.1) is 27.0 Å². The molecular formula is C20H23FN2O5. The molecule has 150 valence electrons. The quantitative estimate of drug-likeness (QED) is 0.749. The van der Waals surface area contributed by atoms with Crippen LogP contribution in [-0.4, -0.2) is 39.7 Å². The highest BCUT2D eigenvalue weighted by molar-refractivity contribution is 5.95. The predicted octanol–water partition coefficient (Wildman–Crippen LogP) is 3.23. The highest BCUT2D eigenvalue weighted by Gasteiger charge is 2.18. The van der Waals surface area contributed by atoms with Crippen molar-refractivity contribution in [3.63, 3.8) is 0 Å². The molecule has 0 aromatic heterocycles. The summed E-state index contributed by atoms with van der Waals surface area (Å²) in [5.74, 6) is -0.0293. The summed E-state index contributed by atoms with van der Waals surface area (Å²) in [6, 6.07) is 9.12. The fourth-order valence-corrected chi connectivity index (χ4v) is 2.71. The van der Waals surface area contributed by atoms with Crippen LogP contribution in [0.15, 0.2) is 36.4 Å². The number of carbonyl (C=O) groups excluding carboxylic acids is 2. The first-order valence-electron chi connectivity index (χ1n) is 8.53. The molecule has 0 aliphatic rings.